The first-order valence-corrected chi connectivity index (χ1v) is 8.28. The number of para-hydroxylation sites is 1. The van der Waals surface area contributed by atoms with E-state index in [-0.39, 0.29) is 29.3 Å². The second kappa shape index (κ2) is 7.29. The van der Waals surface area contributed by atoms with Gasteiger partial charge in [-0.1, -0.05) is 18.2 Å². The van der Waals surface area contributed by atoms with E-state index in [9.17, 15) is 9.59 Å². The molecule has 0 unspecified atom stereocenters. The third-order valence-corrected chi connectivity index (χ3v) is 4.20. The minimum atomic E-state index is -0.272. The Bertz CT molecular complexity index is 758. The first kappa shape index (κ1) is 16.2. The van der Waals surface area contributed by atoms with Crippen LogP contribution in [0.3, 0.4) is 0 Å². The van der Waals surface area contributed by atoms with Gasteiger partial charge in [-0.3, -0.25) is 9.59 Å². The molecule has 126 valence electrons. The summed E-state index contributed by atoms with van der Waals surface area (Å²) in [6.07, 6.45) is 2.73. The third kappa shape index (κ3) is 3.64. The topological polar surface area (TPSA) is 73.2 Å². The van der Waals surface area contributed by atoms with Gasteiger partial charge in [0.25, 0.3) is 11.5 Å². The molecule has 1 fully saturated rings. The maximum Gasteiger partial charge on any atom is 0.272 e. The van der Waals surface area contributed by atoms with Crippen molar-refractivity contribution in [3.8, 4) is 5.75 Å². The second-order valence-corrected chi connectivity index (χ2v) is 5.85. The normalized spacial score (nSPS) is 19.9. The average molecular weight is 327 g/mol. The van der Waals surface area contributed by atoms with Gasteiger partial charge in [0.2, 0.25) is 0 Å². The Morgan fingerprint density at radius 2 is 2.04 bits per heavy atom. The van der Waals surface area contributed by atoms with E-state index >= 15 is 0 Å². The standard InChI is InChI=1S/C18H21N3O3/c1-2-21-17(22)12-11-15(20-21)18(23)19-14-9-6-10-16(14)24-13-7-4-3-5-8-13/h3-5,7-8,11-12,14,16H,2,6,9-10H2,1H3,(H,19,23)/t14-,16-/m1/s1. The number of rotatable bonds is 5. The van der Waals surface area contributed by atoms with Crippen LogP contribution in [-0.2, 0) is 6.54 Å². The molecule has 6 nitrogen and oxygen atoms in total. The average Bonchev–Trinajstić information content (AvgIpc) is 3.03. The molecule has 1 aliphatic rings. The lowest BCUT2D eigenvalue weighted by atomic mass is 10.2. The van der Waals surface area contributed by atoms with Crippen LogP contribution in [-0.4, -0.2) is 27.8 Å². The number of hydrogen-bond acceptors (Lipinski definition) is 4. The van der Waals surface area contributed by atoms with E-state index in [0.717, 1.165) is 25.0 Å². The molecule has 0 aliphatic heterocycles. The molecule has 0 bridgehead atoms. The van der Waals surface area contributed by atoms with Gasteiger partial charge in [-0.25, -0.2) is 4.68 Å². The Balaban J connectivity index is 1.68. The number of nitrogens with zero attached hydrogens (tertiary/aromatic N) is 2. The molecular formula is C18H21N3O3. The van der Waals surface area contributed by atoms with Crippen molar-refractivity contribution in [2.75, 3.05) is 0 Å². The van der Waals surface area contributed by atoms with Crippen LogP contribution < -0.4 is 15.6 Å². The first-order valence-electron chi connectivity index (χ1n) is 8.28. The summed E-state index contributed by atoms with van der Waals surface area (Å²) in [5.74, 6) is 0.534. The molecule has 1 aromatic heterocycles. The minimum absolute atomic E-state index is 0.0477. The number of nitrogens with one attached hydrogen (secondary N) is 1. The fourth-order valence-corrected chi connectivity index (χ4v) is 2.94. The van der Waals surface area contributed by atoms with Crippen molar-refractivity contribution < 1.29 is 9.53 Å². The third-order valence-electron chi connectivity index (χ3n) is 4.20. The highest BCUT2D eigenvalue weighted by Gasteiger charge is 2.31. The maximum absolute atomic E-state index is 12.4. The van der Waals surface area contributed by atoms with Gasteiger partial charge in [0.15, 0.2) is 0 Å². The van der Waals surface area contributed by atoms with E-state index in [1.807, 2.05) is 37.3 Å². The predicted octanol–water partition coefficient (Wildman–Crippen LogP) is 1.99. The van der Waals surface area contributed by atoms with Crippen LogP contribution in [0.4, 0.5) is 0 Å². The van der Waals surface area contributed by atoms with Gasteiger partial charge in [0.05, 0.1) is 6.04 Å². The zero-order valence-corrected chi connectivity index (χ0v) is 13.6. The monoisotopic (exact) mass is 327 g/mol. The molecule has 0 saturated heterocycles. The Kier molecular flexibility index (Phi) is 4.93. The number of carbonyl (C=O) groups excluding carboxylic acids is 1. The molecule has 1 aliphatic carbocycles. The van der Waals surface area contributed by atoms with Gasteiger partial charge in [0, 0.05) is 12.6 Å². The molecule has 1 saturated carbocycles. The van der Waals surface area contributed by atoms with Crippen LogP contribution in [0, 0.1) is 0 Å². The van der Waals surface area contributed by atoms with Crippen molar-refractivity contribution in [1.82, 2.24) is 15.1 Å². The molecule has 0 radical (unpaired) electrons. The number of benzene rings is 1. The Morgan fingerprint density at radius 1 is 1.25 bits per heavy atom. The maximum atomic E-state index is 12.4. The molecule has 1 N–H and O–H groups in total. The number of hydrogen-bond donors (Lipinski definition) is 1. The van der Waals surface area contributed by atoms with E-state index in [0.29, 0.717) is 6.54 Å². The largest absolute Gasteiger partial charge is 0.488 e. The fourth-order valence-electron chi connectivity index (χ4n) is 2.94. The van der Waals surface area contributed by atoms with Gasteiger partial charge in [-0.15, -0.1) is 0 Å². The molecule has 1 aromatic carbocycles. The van der Waals surface area contributed by atoms with Gasteiger partial charge >= 0.3 is 0 Å². The molecule has 0 spiro atoms. The van der Waals surface area contributed by atoms with E-state index in [4.69, 9.17) is 4.74 Å². The molecule has 24 heavy (non-hydrogen) atoms. The minimum Gasteiger partial charge on any atom is -0.488 e. The smallest absolute Gasteiger partial charge is 0.272 e. The highest BCUT2D eigenvalue weighted by atomic mass is 16.5. The summed E-state index contributed by atoms with van der Waals surface area (Å²) in [6, 6.07) is 12.4. The number of carbonyl (C=O) groups is 1. The van der Waals surface area contributed by atoms with E-state index in [2.05, 4.69) is 10.4 Å². The molecule has 2 atom stereocenters. The molecule has 1 amide bonds. The number of ether oxygens (including phenoxy) is 1. The van der Waals surface area contributed by atoms with Gasteiger partial charge in [-0.2, -0.15) is 5.10 Å². The highest BCUT2D eigenvalue weighted by molar-refractivity contribution is 5.92. The van der Waals surface area contributed by atoms with Crippen LogP contribution in [0.5, 0.6) is 5.75 Å². The van der Waals surface area contributed by atoms with Crippen LogP contribution in [0.25, 0.3) is 0 Å². The Hall–Kier alpha value is -2.63. The van der Waals surface area contributed by atoms with Gasteiger partial charge in [0.1, 0.15) is 17.5 Å². The van der Waals surface area contributed by atoms with Crippen LogP contribution in [0.1, 0.15) is 36.7 Å². The summed E-state index contributed by atoms with van der Waals surface area (Å²) < 4.78 is 7.28. The molecule has 6 heteroatoms. The molecule has 3 rings (SSSR count). The van der Waals surface area contributed by atoms with Crippen molar-refractivity contribution >= 4 is 5.91 Å². The predicted molar refractivity (Wildman–Crippen MR) is 90.1 cm³/mol. The van der Waals surface area contributed by atoms with Gasteiger partial charge < -0.3 is 10.1 Å². The number of amides is 1. The zero-order chi connectivity index (χ0) is 16.9. The van der Waals surface area contributed by atoms with Crippen molar-refractivity contribution in [3.63, 3.8) is 0 Å². The van der Waals surface area contributed by atoms with Crippen LogP contribution >= 0.6 is 0 Å². The Labute approximate surface area is 140 Å². The summed E-state index contributed by atoms with van der Waals surface area (Å²) in [5.41, 5.74) is 0.0435. The summed E-state index contributed by atoms with van der Waals surface area (Å²) in [6.45, 7) is 2.25. The van der Waals surface area contributed by atoms with E-state index in [1.54, 1.807) is 0 Å². The lowest BCUT2D eigenvalue weighted by Gasteiger charge is -2.22. The lowest BCUT2D eigenvalue weighted by Crippen LogP contribution is -2.43. The summed E-state index contributed by atoms with van der Waals surface area (Å²) in [5, 5.41) is 7.09. The summed E-state index contributed by atoms with van der Waals surface area (Å²) >= 11 is 0. The van der Waals surface area contributed by atoms with Crippen molar-refractivity contribution in [1.29, 1.82) is 0 Å². The SMILES string of the molecule is CCn1nc(C(=O)N[C@@H]2CCC[C@H]2Oc2ccccc2)ccc1=O. The number of aryl methyl sites for hydroxylation is 1. The molecular weight excluding hydrogens is 306 g/mol. The zero-order valence-electron chi connectivity index (χ0n) is 13.6. The van der Waals surface area contributed by atoms with Gasteiger partial charge in [-0.05, 0) is 44.4 Å². The summed E-state index contributed by atoms with van der Waals surface area (Å²) in [7, 11) is 0. The van der Waals surface area contributed by atoms with E-state index < -0.39 is 0 Å². The highest BCUT2D eigenvalue weighted by Crippen LogP contribution is 2.24. The lowest BCUT2D eigenvalue weighted by molar-refractivity contribution is 0.0886. The van der Waals surface area contributed by atoms with Crippen molar-refractivity contribution in [2.45, 2.75) is 44.9 Å². The summed E-state index contributed by atoms with van der Waals surface area (Å²) in [4.78, 5) is 24.0. The van der Waals surface area contributed by atoms with Crippen LogP contribution in [0.15, 0.2) is 47.3 Å². The quantitative estimate of drug-likeness (QED) is 0.911. The second-order valence-electron chi connectivity index (χ2n) is 5.85. The fraction of sp³-hybridized carbons (Fsp3) is 0.389. The van der Waals surface area contributed by atoms with E-state index in [1.165, 1.54) is 16.8 Å². The van der Waals surface area contributed by atoms with Crippen molar-refractivity contribution in [3.05, 3.63) is 58.5 Å². The first-order chi connectivity index (χ1) is 11.7. The van der Waals surface area contributed by atoms with Crippen molar-refractivity contribution in [2.24, 2.45) is 0 Å². The van der Waals surface area contributed by atoms with Crippen LogP contribution in [0.2, 0.25) is 0 Å². The number of aromatic nitrogens is 2. The molecule has 1 heterocycles. The molecule has 2 aromatic rings. The Morgan fingerprint density at radius 3 is 2.79 bits per heavy atom.